The number of benzene rings is 1. The SMILES string of the molecule is CCCCOC(=O)C[C@H]1C(=O)NCCN1C(=O)[C@H](C)Oc1ccc([N+](=O)[O-])cc1. The molecular formula is C19H25N3O7. The number of nitrogens with one attached hydrogen (secondary N) is 1. The standard InChI is InChI=1S/C19H25N3O7/c1-3-4-11-28-17(23)12-16-18(24)20-9-10-21(16)19(25)13(2)29-15-7-5-14(6-8-15)22(26)27/h5-8,13,16H,3-4,9-12H2,1-2H3,(H,20,24)/t13-,16-/m0/s1. The van der Waals surface area contributed by atoms with Gasteiger partial charge < -0.3 is 19.7 Å². The van der Waals surface area contributed by atoms with Crippen LogP contribution in [0.1, 0.15) is 33.1 Å². The molecule has 1 fully saturated rings. The Morgan fingerprint density at radius 2 is 2.03 bits per heavy atom. The minimum atomic E-state index is -0.965. The second kappa shape index (κ2) is 10.4. The highest BCUT2D eigenvalue weighted by Crippen LogP contribution is 2.20. The zero-order chi connectivity index (χ0) is 21.4. The maximum Gasteiger partial charge on any atom is 0.308 e. The molecule has 1 aromatic carbocycles. The van der Waals surface area contributed by atoms with Gasteiger partial charge in [-0.25, -0.2) is 0 Å². The molecule has 0 aromatic heterocycles. The number of hydrogen-bond donors (Lipinski definition) is 1. The molecule has 2 rings (SSSR count). The van der Waals surface area contributed by atoms with Crippen molar-refractivity contribution in [1.82, 2.24) is 10.2 Å². The van der Waals surface area contributed by atoms with E-state index in [9.17, 15) is 24.5 Å². The molecule has 10 heteroatoms. The number of nitro benzene ring substituents is 1. The second-order valence-electron chi connectivity index (χ2n) is 6.63. The van der Waals surface area contributed by atoms with E-state index in [1.165, 1.54) is 36.1 Å². The zero-order valence-electron chi connectivity index (χ0n) is 16.5. The van der Waals surface area contributed by atoms with Crippen LogP contribution in [0.3, 0.4) is 0 Å². The number of non-ortho nitro benzene ring substituents is 1. The molecule has 2 atom stereocenters. The van der Waals surface area contributed by atoms with Gasteiger partial charge in [-0.05, 0) is 25.5 Å². The van der Waals surface area contributed by atoms with Crippen molar-refractivity contribution in [2.75, 3.05) is 19.7 Å². The Morgan fingerprint density at radius 1 is 1.34 bits per heavy atom. The number of rotatable bonds is 9. The van der Waals surface area contributed by atoms with Crippen molar-refractivity contribution in [3.63, 3.8) is 0 Å². The lowest BCUT2D eigenvalue weighted by atomic mass is 10.1. The number of carbonyl (C=O) groups is 3. The molecule has 1 aliphatic rings. The van der Waals surface area contributed by atoms with Crippen LogP contribution < -0.4 is 10.1 Å². The number of carbonyl (C=O) groups excluding carboxylic acids is 3. The summed E-state index contributed by atoms with van der Waals surface area (Å²) in [5.41, 5.74) is -0.0920. The van der Waals surface area contributed by atoms with Crippen molar-refractivity contribution < 1.29 is 28.8 Å². The summed E-state index contributed by atoms with van der Waals surface area (Å²) < 4.78 is 10.7. The van der Waals surface area contributed by atoms with Crippen LogP contribution in [0.25, 0.3) is 0 Å². The predicted molar refractivity (Wildman–Crippen MR) is 102 cm³/mol. The van der Waals surface area contributed by atoms with Crippen molar-refractivity contribution in [3.05, 3.63) is 34.4 Å². The number of amides is 2. The first-order valence-electron chi connectivity index (χ1n) is 9.48. The lowest BCUT2D eigenvalue weighted by Crippen LogP contribution is -2.60. The van der Waals surface area contributed by atoms with Gasteiger partial charge in [0.25, 0.3) is 11.6 Å². The molecule has 10 nitrogen and oxygen atoms in total. The molecule has 1 N–H and O–H groups in total. The van der Waals surface area contributed by atoms with E-state index in [0.29, 0.717) is 0 Å². The molecule has 0 saturated carbocycles. The number of unbranched alkanes of at least 4 members (excludes halogenated alkanes) is 1. The third-order valence-corrected chi connectivity index (χ3v) is 4.44. The molecule has 1 aliphatic heterocycles. The smallest absolute Gasteiger partial charge is 0.308 e. The quantitative estimate of drug-likeness (QED) is 0.284. The third kappa shape index (κ3) is 6.16. The molecule has 0 radical (unpaired) electrons. The van der Waals surface area contributed by atoms with Gasteiger partial charge in [0.1, 0.15) is 11.8 Å². The van der Waals surface area contributed by atoms with Crippen LogP contribution in [0.5, 0.6) is 5.75 Å². The van der Waals surface area contributed by atoms with Gasteiger partial charge in [-0.3, -0.25) is 24.5 Å². The van der Waals surface area contributed by atoms with Crippen molar-refractivity contribution in [3.8, 4) is 5.75 Å². The van der Waals surface area contributed by atoms with E-state index in [0.717, 1.165) is 12.8 Å². The average Bonchev–Trinajstić information content (AvgIpc) is 2.69. The molecule has 29 heavy (non-hydrogen) atoms. The highest BCUT2D eigenvalue weighted by molar-refractivity contribution is 5.93. The highest BCUT2D eigenvalue weighted by atomic mass is 16.6. The molecular weight excluding hydrogens is 382 g/mol. The molecule has 2 amide bonds. The Morgan fingerprint density at radius 3 is 2.66 bits per heavy atom. The van der Waals surface area contributed by atoms with E-state index in [1.807, 2.05) is 6.92 Å². The minimum absolute atomic E-state index is 0.0920. The predicted octanol–water partition coefficient (Wildman–Crippen LogP) is 1.42. The summed E-state index contributed by atoms with van der Waals surface area (Å²) in [6.07, 6.45) is 0.428. The third-order valence-electron chi connectivity index (χ3n) is 4.44. The van der Waals surface area contributed by atoms with Gasteiger partial charge in [-0.1, -0.05) is 13.3 Å². The van der Waals surface area contributed by atoms with Crippen molar-refractivity contribution in [1.29, 1.82) is 0 Å². The number of nitrogens with zero attached hydrogens (tertiary/aromatic N) is 2. The van der Waals surface area contributed by atoms with Gasteiger partial charge in [-0.2, -0.15) is 0 Å². The Labute approximate surface area is 168 Å². The second-order valence-corrected chi connectivity index (χ2v) is 6.63. The maximum absolute atomic E-state index is 12.8. The number of ether oxygens (including phenoxy) is 2. The van der Waals surface area contributed by atoms with Crippen molar-refractivity contribution >= 4 is 23.5 Å². The van der Waals surface area contributed by atoms with Crippen molar-refractivity contribution in [2.24, 2.45) is 0 Å². The summed E-state index contributed by atoms with van der Waals surface area (Å²) in [6.45, 7) is 4.28. The lowest BCUT2D eigenvalue weighted by Gasteiger charge is -2.36. The molecule has 0 aliphatic carbocycles. The first kappa shape index (κ1) is 22.1. The molecule has 158 valence electrons. The number of esters is 1. The highest BCUT2D eigenvalue weighted by Gasteiger charge is 2.37. The van der Waals surface area contributed by atoms with Crippen LogP contribution in [-0.2, 0) is 19.1 Å². The first-order chi connectivity index (χ1) is 13.8. The summed E-state index contributed by atoms with van der Waals surface area (Å²) >= 11 is 0. The molecule has 1 saturated heterocycles. The van der Waals surface area contributed by atoms with Gasteiger partial charge in [0.15, 0.2) is 6.10 Å². The Kier molecular flexibility index (Phi) is 7.93. The van der Waals surface area contributed by atoms with Crippen LogP contribution in [0.2, 0.25) is 0 Å². The average molecular weight is 407 g/mol. The number of nitro groups is 1. The Hall–Kier alpha value is -3.17. The van der Waals surface area contributed by atoms with Gasteiger partial charge in [0.2, 0.25) is 5.91 Å². The van der Waals surface area contributed by atoms with E-state index < -0.39 is 34.9 Å². The lowest BCUT2D eigenvalue weighted by molar-refractivity contribution is -0.384. The summed E-state index contributed by atoms with van der Waals surface area (Å²) in [5, 5.41) is 13.4. The van der Waals surface area contributed by atoms with E-state index in [4.69, 9.17) is 9.47 Å². The van der Waals surface area contributed by atoms with E-state index in [1.54, 1.807) is 0 Å². The molecule has 0 unspecified atom stereocenters. The largest absolute Gasteiger partial charge is 0.481 e. The molecule has 1 aromatic rings. The first-order valence-corrected chi connectivity index (χ1v) is 9.48. The number of piperazine rings is 1. The molecule has 0 bridgehead atoms. The van der Waals surface area contributed by atoms with Gasteiger partial charge in [0, 0.05) is 25.2 Å². The summed E-state index contributed by atoms with van der Waals surface area (Å²) in [7, 11) is 0. The van der Waals surface area contributed by atoms with Crippen LogP contribution in [-0.4, -0.2) is 59.4 Å². The van der Waals surface area contributed by atoms with Crippen LogP contribution in [0.4, 0.5) is 5.69 Å². The van der Waals surface area contributed by atoms with E-state index in [-0.39, 0.29) is 37.6 Å². The van der Waals surface area contributed by atoms with Crippen molar-refractivity contribution in [2.45, 2.75) is 45.3 Å². The summed E-state index contributed by atoms with van der Waals surface area (Å²) in [5.74, 6) is -1.13. The molecule has 1 heterocycles. The van der Waals surface area contributed by atoms with Gasteiger partial charge in [0.05, 0.1) is 18.0 Å². The Balaban J connectivity index is 2.01. The monoisotopic (exact) mass is 407 g/mol. The van der Waals surface area contributed by atoms with Crippen LogP contribution in [0, 0.1) is 10.1 Å². The van der Waals surface area contributed by atoms with Gasteiger partial charge >= 0.3 is 5.97 Å². The van der Waals surface area contributed by atoms with E-state index >= 15 is 0 Å². The van der Waals surface area contributed by atoms with Crippen LogP contribution >= 0.6 is 0 Å². The fraction of sp³-hybridized carbons (Fsp3) is 0.526. The zero-order valence-corrected chi connectivity index (χ0v) is 16.5. The summed E-state index contributed by atoms with van der Waals surface area (Å²) in [4.78, 5) is 48.6. The fourth-order valence-electron chi connectivity index (χ4n) is 2.86. The maximum atomic E-state index is 12.8. The van der Waals surface area contributed by atoms with Crippen LogP contribution in [0.15, 0.2) is 24.3 Å². The topological polar surface area (TPSA) is 128 Å². The minimum Gasteiger partial charge on any atom is -0.481 e. The Bertz CT molecular complexity index is 751. The number of hydrogen-bond acceptors (Lipinski definition) is 7. The fourth-order valence-corrected chi connectivity index (χ4v) is 2.86. The van der Waals surface area contributed by atoms with E-state index in [2.05, 4.69) is 5.32 Å². The van der Waals surface area contributed by atoms with Gasteiger partial charge in [-0.15, -0.1) is 0 Å². The molecule has 0 spiro atoms. The summed E-state index contributed by atoms with van der Waals surface area (Å²) in [6, 6.07) is 4.38. The normalized spacial score (nSPS) is 17.2.